The lowest BCUT2D eigenvalue weighted by molar-refractivity contribution is 0.0963. The number of carbonyl (C=O) groups excluding carboxylic acids is 1. The van der Waals surface area contributed by atoms with Crippen LogP contribution in [-0.4, -0.2) is 26.4 Å². The van der Waals surface area contributed by atoms with Gasteiger partial charge in [0.25, 0.3) is 15.9 Å². The van der Waals surface area contributed by atoms with E-state index >= 15 is 0 Å². The number of sulfonamides is 1. The van der Waals surface area contributed by atoms with Crippen molar-refractivity contribution in [1.82, 2.24) is 10.3 Å². The van der Waals surface area contributed by atoms with Gasteiger partial charge in [-0.05, 0) is 24.3 Å². The van der Waals surface area contributed by atoms with E-state index in [1.807, 2.05) is 18.2 Å². The molecule has 120 valence electrons. The van der Waals surface area contributed by atoms with Gasteiger partial charge in [0.2, 0.25) is 0 Å². The first-order chi connectivity index (χ1) is 11.5. The Labute approximate surface area is 138 Å². The van der Waals surface area contributed by atoms with E-state index < -0.39 is 10.0 Å². The Hall–Kier alpha value is -2.93. The van der Waals surface area contributed by atoms with E-state index in [0.717, 1.165) is 5.39 Å². The fraction of sp³-hybridized carbons (Fsp3) is 0.0588. The number of hydrogen-bond donors (Lipinski definition) is 2. The van der Waals surface area contributed by atoms with Crippen LogP contribution in [0, 0.1) is 0 Å². The summed E-state index contributed by atoms with van der Waals surface area (Å²) in [6.45, 7) is 0. The monoisotopic (exact) mass is 339 g/mol. The van der Waals surface area contributed by atoms with Crippen LogP contribution in [0.4, 0.5) is 5.69 Å². The maximum Gasteiger partial charge on any atom is 0.262 e. The molecule has 0 aliphatic carbocycles. The van der Waals surface area contributed by atoms with Gasteiger partial charge in [-0.15, -0.1) is 0 Å². The summed E-state index contributed by atoms with van der Waals surface area (Å²) in [5, 5.41) is 3.38. The van der Waals surface area contributed by atoms with E-state index in [9.17, 15) is 13.2 Å². The van der Waals surface area contributed by atoms with Gasteiger partial charge in [0.15, 0.2) is 0 Å². The Kier molecular flexibility index (Phi) is 3.07. The molecular weight excluding hydrogens is 326 g/mol. The van der Waals surface area contributed by atoms with Crippen LogP contribution in [0.1, 0.15) is 10.4 Å². The van der Waals surface area contributed by atoms with Crippen LogP contribution in [0.25, 0.3) is 22.0 Å². The molecule has 0 spiro atoms. The molecule has 0 saturated heterocycles. The fourth-order valence-electron chi connectivity index (χ4n) is 2.92. The van der Waals surface area contributed by atoms with Gasteiger partial charge in [0.1, 0.15) is 0 Å². The largest absolute Gasteiger partial charge is 0.355 e. The lowest BCUT2D eigenvalue weighted by Gasteiger charge is -2.23. The number of aromatic nitrogens is 1. The molecule has 0 unspecified atom stereocenters. The van der Waals surface area contributed by atoms with E-state index in [1.54, 1.807) is 18.3 Å². The number of anilines is 1. The minimum atomic E-state index is -3.72. The van der Waals surface area contributed by atoms with Crippen LogP contribution in [0.3, 0.4) is 0 Å². The number of carbonyl (C=O) groups is 1. The summed E-state index contributed by atoms with van der Waals surface area (Å²) < 4.78 is 27.8. The van der Waals surface area contributed by atoms with Gasteiger partial charge in [-0.2, -0.15) is 0 Å². The first-order valence-corrected chi connectivity index (χ1v) is 8.76. The molecule has 6 nitrogen and oxygen atoms in total. The van der Waals surface area contributed by atoms with Crippen molar-refractivity contribution in [3.8, 4) is 11.1 Å². The Balaban J connectivity index is 2.08. The molecule has 24 heavy (non-hydrogen) atoms. The molecule has 2 aromatic carbocycles. The highest BCUT2D eigenvalue weighted by molar-refractivity contribution is 7.93. The second-order valence-corrected chi connectivity index (χ2v) is 7.11. The van der Waals surface area contributed by atoms with Gasteiger partial charge in [-0.3, -0.25) is 14.5 Å². The molecule has 0 saturated carbocycles. The minimum absolute atomic E-state index is 0.151. The Bertz CT molecular complexity index is 1110. The molecule has 2 heterocycles. The minimum Gasteiger partial charge on any atom is -0.355 e. The van der Waals surface area contributed by atoms with Gasteiger partial charge >= 0.3 is 0 Å². The van der Waals surface area contributed by atoms with Crippen molar-refractivity contribution in [3.05, 3.63) is 54.2 Å². The van der Waals surface area contributed by atoms with Crippen LogP contribution in [-0.2, 0) is 10.0 Å². The zero-order valence-corrected chi connectivity index (χ0v) is 13.5. The predicted octanol–water partition coefficient (Wildman–Crippen LogP) is 2.38. The quantitative estimate of drug-likeness (QED) is 0.712. The van der Waals surface area contributed by atoms with Crippen molar-refractivity contribution in [2.24, 2.45) is 0 Å². The van der Waals surface area contributed by atoms with Crippen LogP contribution in [0.2, 0.25) is 0 Å². The molecule has 1 aliphatic heterocycles. The number of nitrogens with one attached hydrogen (secondary N) is 2. The number of pyridine rings is 1. The van der Waals surface area contributed by atoms with Crippen LogP contribution in [0.5, 0.6) is 0 Å². The van der Waals surface area contributed by atoms with Crippen molar-refractivity contribution in [1.29, 1.82) is 0 Å². The van der Waals surface area contributed by atoms with E-state index in [4.69, 9.17) is 0 Å². The summed E-state index contributed by atoms with van der Waals surface area (Å²) in [5.74, 6) is -0.269. The number of hydrogen-bond acceptors (Lipinski definition) is 4. The maximum atomic E-state index is 12.6. The number of fused-ring (bicyclic) bond motifs is 5. The van der Waals surface area contributed by atoms with Crippen molar-refractivity contribution in [2.75, 3.05) is 11.8 Å². The van der Waals surface area contributed by atoms with Crippen LogP contribution in [0.15, 0.2) is 53.6 Å². The highest BCUT2D eigenvalue weighted by atomic mass is 32.2. The molecule has 0 fully saturated rings. The standard InChI is InChI=1S/C17H13N3O3S/c1-18-17(21)11-5-7-14-13(9-11)12-6-4-10-3-2-8-19-15(10)16(12)20-24(14,22)23/h2-9,20H,1H3,(H,18,21). The van der Waals surface area contributed by atoms with Crippen molar-refractivity contribution >= 4 is 32.5 Å². The van der Waals surface area contributed by atoms with Crippen molar-refractivity contribution < 1.29 is 13.2 Å². The fourth-order valence-corrected chi connectivity index (χ4v) is 4.21. The second kappa shape index (κ2) is 5.04. The Morgan fingerprint density at radius 1 is 1.12 bits per heavy atom. The predicted molar refractivity (Wildman–Crippen MR) is 91.4 cm³/mol. The number of rotatable bonds is 1. The molecule has 0 atom stereocenters. The lowest BCUT2D eigenvalue weighted by atomic mass is 9.99. The van der Waals surface area contributed by atoms with Crippen LogP contribution < -0.4 is 10.0 Å². The Morgan fingerprint density at radius 2 is 1.96 bits per heavy atom. The lowest BCUT2D eigenvalue weighted by Crippen LogP contribution is -2.21. The molecule has 1 aliphatic rings. The van der Waals surface area contributed by atoms with Crippen molar-refractivity contribution in [3.63, 3.8) is 0 Å². The maximum absolute atomic E-state index is 12.6. The van der Waals surface area contributed by atoms with Gasteiger partial charge in [0.05, 0.1) is 16.1 Å². The molecule has 4 rings (SSSR count). The zero-order chi connectivity index (χ0) is 16.9. The highest BCUT2D eigenvalue weighted by Crippen LogP contribution is 2.42. The number of nitrogens with zero attached hydrogens (tertiary/aromatic N) is 1. The van der Waals surface area contributed by atoms with E-state index in [-0.39, 0.29) is 10.8 Å². The summed E-state index contributed by atoms with van der Waals surface area (Å²) in [4.78, 5) is 16.3. The summed E-state index contributed by atoms with van der Waals surface area (Å²) in [7, 11) is -2.18. The van der Waals surface area contributed by atoms with Crippen molar-refractivity contribution in [2.45, 2.75) is 4.90 Å². The first kappa shape index (κ1) is 14.6. The average Bonchev–Trinajstić information content (AvgIpc) is 2.60. The third-order valence-electron chi connectivity index (χ3n) is 4.06. The molecular formula is C17H13N3O3S. The third kappa shape index (κ3) is 2.05. The summed E-state index contributed by atoms with van der Waals surface area (Å²) in [6, 6.07) is 11.9. The molecule has 3 aromatic rings. The van der Waals surface area contributed by atoms with Gasteiger partial charge < -0.3 is 5.32 Å². The second-order valence-electron chi connectivity index (χ2n) is 5.46. The van der Waals surface area contributed by atoms with E-state index in [0.29, 0.717) is 27.9 Å². The summed E-state index contributed by atoms with van der Waals surface area (Å²) in [5.41, 5.74) is 2.62. The summed E-state index contributed by atoms with van der Waals surface area (Å²) in [6.07, 6.45) is 1.62. The van der Waals surface area contributed by atoms with Crippen LogP contribution >= 0.6 is 0 Å². The van der Waals surface area contributed by atoms with Gasteiger partial charge in [-0.1, -0.05) is 18.2 Å². The zero-order valence-electron chi connectivity index (χ0n) is 12.7. The molecule has 1 aromatic heterocycles. The van der Waals surface area contributed by atoms with Gasteiger partial charge in [-0.25, -0.2) is 8.42 Å². The highest BCUT2D eigenvalue weighted by Gasteiger charge is 2.29. The Morgan fingerprint density at radius 3 is 2.75 bits per heavy atom. The molecule has 0 radical (unpaired) electrons. The van der Waals surface area contributed by atoms with Gasteiger partial charge in [0, 0.05) is 35.3 Å². The van der Waals surface area contributed by atoms with E-state index in [2.05, 4.69) is 15.0 Å². The topological polar surface area (TPSA) is 88.2 Å². The first-order valence-electron chi connectivity index (χ1n) is 7.28. The normalized spacial score (nSPS) is 14.4. The number of benzene rings is 2. The van der Waals surface area contributed by atoms with E-state index in [1.165, 1.54) is 19.2 Å². The SMILES string of the molecule is CNC(=O)c1ccc2c(c1)-c1ccc3cccnc3c1NS2(=O)=O. The number of amides is 1. The molecule has 2 N–H and O–H groups in total. The third-order valence-corrected chi connectivity index (χ3v) is 5.47. The average molecular weight is 339 g/mol. The smallest absolute Gasteiger partial charge is 0.262 e. The molecule has 7 heteroatoms. The molecule has 1 amide bonds. The molecule has 0 bridgehead atoms. The summed E-state index contributed by atoms with van der Waals surface area (Å²) >= 11 is 0.